The number of rotatable bonds is 4. The first-order valence-electron chi connectivity index (χ1n) is 6.88. The van der Waals surface area contributed by atoms with Gasteiger partial charge in [-0.15, -0.1) is 0 Å². The molecule has 1 amide bonds. The summed E-state index contributed by atoms with van der Waals surface area (Å²) < 4.78 is 14.4. The van der Waals surface area contributed by atoms with Crippen molar-refractivity contribution in [1.82, 2.24) is 9.55 Å². The molecule has 7 nitrogen and oxygen atoms in total. The van der Waals surface area contributed by atoms with Crippen molar-refractivity contribution in [3.8, 4) is 5.69 Å². The zero-order valence-corrected chi connectivity index (χ0v) is 12.2. The fourth-order valence-corrected chi connectivity index (χ4v) is 2.17. The van der Waals surface area contributed by atoms with E-state index in [0.717, 1.165) is 0 Å². The summed E-state index contributed by atoms with van der Waals surface area (Å²) in [6.45, 7) is 0. The van der Waals surface area contributed by atoms with Crippen molar-refractivity contribution >= 4 is 17.3 Å². The lowest BCUT2D eigenvalue weighted by molar-refractivity contribution is -0.384. The normalized spacial score (nSPS) is 10.4. The molecule has 0 aliphatic rings. The Morgan fingerprint density at radius 1 is 1.21 bits per heavy atom. The summed E-state index contributed by atoms with van der Waals surface area (Å²) in [7, 11) is 0. The van der Waals surface area contributed by atoms with Crippen LogP contribution in [0.4, 0.5) is 15.8 Å². The summed E-state index contributed by atoms with van der Waals surface area (Å²) in [5, 5.41) is 13.8. The molecular weight excluding hydrogens is 315 g/mol. The summed E-state index contributed by atoms with van der Waals surface area (Å²) in [5.41, 5.74) is 0.591. The van der Waals surface area contributed by atoms with Crippen LogP contribution in [0.2, 0.25) is 0 Å². The van der Waals surface area contributed by atoms with Crippen molar-refractivity contribution in [2.75, 3.05) is 5.32 Å². The van der Waals surface area contributed by atoms with Gasteiger partial charge < -0.3 is 9.88 Å². The molecule has 0 radical (unpaired) electrons. The van der Waals surface area contributed by atoms with Gasteiger partial charge in [-0.2, -0.15) is 0 Å². The number of nitrogens with zero attached hydrogens (tertiary/aromatic N) is 3. The molecule has 1 N–H and O–H groups in total. The van der Waals surface area contributed by atoms with Gasteiger partial charge in [0.1, 0.15) is 11.5 Å². The second-order valence-corrected chi connectivity index (χ2v) is 4.89. The van der Waals surface area contributed by atoms with Crippen molar-refractivity contribution in [3.63, 3.8) is 0 Å². The summed E-state index contributed by atoms with van der Waals surface area (Å²) in [4.78, 5) is 26.8. The molecule has 1 aromatic heterocycles. The molecular formula is C16H11FN4O3. The van der Waals surface area contributed by atoms with Crippen molar-refractivity contribution in [2.45, 2.75) is 0 Å². The van der Waals surface area contributed by atoms with Gasteiger partial charge in [-0.1, -0.05) is 0 Å². The Kier molecular flexibility index (Phi) is 4.02. The molecule has 1 heterocycles. The number of nitrogens with one attached hydrogen (secondary N) is 1. The fourth-order valence-electron chi connectivity index (χ4n) is 2.17. The topological polar surface area (TPSA) is 90.1 Å². The number of carbonyl (C=O) groups excluding carboxylic acids is 1. The van der Waals surface area contributed by atoms with Crippen LogP contribution in [-0.4, -0.2) is 20.4 Å². The fraction of sp³-hybridized carbons (Fsp3) is 0. The van der Waals surface area contributed by atoms with E-state index in [9.17, 15) is 19.3 Å². The molecule has 0 unspecified atom stereocenters. The Morgan fingerprint density at radius 2 is 1.96 bits per heavy atom. The van der Waals surface area contributed by atoms with E-state index in [1.807, 2.05) is 0 Å². The van der Waals surface area contributed by atoms with Crippen LogP contribution in [0.1, 0.15) is 10.4 Å². The Bertz CT molecular complexity index is 892. The number of hydrogen-bond acceptors (Lipinski definition) is 4. The van der Waals surface area contributed by atoms with Crippen molar-refractivity contribution in [3.05, 3.63) is 82.7 Å². The number of halogens is 1. The monoisotopic (exact) mass is 326 g/mol. The van der Waals surface area contributed by atoms with Gasteiger partial charge in [0.15, 0.2) is 0 Å². The highest BCUT2D eigenvalue weighted by molar-refractivity contribution is 6.04. The molecule has 24 heavy (non-hydrogen) atoms. The molecule has 0 bridgehead atoms. The average molecular weight is 326 g/mol. The van der Waals surface area contributed by atoms with E-state index in [4.69, 9.17) is 0 Å². The van der Waals surface area contributed by atoms with Crippen LogP contribution in [0.15, 0.2) is 61.2 Å². The standard InChI is InChI=1S/C16H11FN4O3/c17-12-2-4-13(5-3-12)19-16(22)11-1-6-14(15(9-11)21(23)24)20-8-7-18-10-20/h1-10H,(H,19,22). The molecule has 0 spiro atoms. The predicted octanol–water partition coefficient (Wildman–Crippen LogP) is 3.17. The molecule has 0 aliphatic carbocycles. The van der Waals surface area contributed by atoms with Crippen LogP contribution in [0.3, 0.4) is 0 Å². The lowest BCUT2D eigenvalue weighted by Gasteiger charge is -2.08. The molecule has 0 aliphatic heterocycles. The van der Waals surface area contributed by atoms with Gasteiger partial charge in [0.2, 0.25) is 0 Å². The average Bonchev–Trinajstić information content (AvgIpc) is 3.10. The van der Waals surface area contributed by atoms with Crippen molar-refractivity contribution in [1.29, 1.82) is 0 Å². The Morgan fingerprint density at radius 3 is 2.58 bits per heavy atom. The zero-order valence-electron chi connectivity index (χ0n) is 12.2. The second-order valence-electron chi connectivity index (χ2n) is 4.89. The number of hydrogen-bond donors (Lipinski definition) is 1. The van der Waals surface area contributed by atoms with Gasteiger partial charge >= 0.3 is 0 Å². The van der Waals surface area contributed by atoms with E-state index < -0.39 is 16.6 Å². The smallest absolute Gasteiger partial charge is 0.294 e. The Hall–Kier alpha value is -3.55. The molecule has 3 rings (SSSR count). The van der Waals surface area contributed by atoms with Gasteiger partial charge in [-0.25, -0.2) is 9.37 Å². The Labute approximate surface area is 135 Å². The molecule has 3 aromatic rings. The third-order valence-electron chi connectivity index (χ3n) is 3.32. The van der Waals surface area contributed by atoms with E-state index in [1.54, 1.807) is 6.20 Å². The van der Waals surface area contributed by atoms with Crippen LogP contribution in [0.5, 0.6) is 0 Å². The van der Waals surface area contributed by atoms with Crippen LogP contribution in [-0.2, 0) is 0 Å². The molecule has 0 atom stereocenters. The van der Waals surface area contributed by atoms with Crippen LogP contribution in [0, 0.1) is 15.9 Å². The minimum absolute atomic E-state index is 0.120. The van der Waals surface area contributed by atoms with Crippen LogP contribution < -0.4 is 5.32 Å². The van der Waals surface area contributed by atoms with Crippen molar-refractivity contribution in [2.24, 2.45) is 0 Å². The Balaban J connectivity index is 1.91. The van der Waals surface area contributed by atoms with Crippen molar-refractivity contribution < 1.29 is 14.1 Å². The number of anilines is 1. The molecule has 0 saturated carbocycles. The number of aromatic nitrogens is 2. The lowest BCUT2D eigenvalue weighted by atomic mass is 10.1. The van der Waals surface area contributed by atoms with E-state index in [2.05, 4.69) is 10.3 Å². The number of carbonyl (C=O) groups is 1. The maximum absolute atomic E-state index is 12.9. The third-order valence-corrected chi connectivity index (χ3v) is 3.32. The van der Waals surface area contributed by atoms with E-state index in [0.29, 0.717) is 11.4 Å². The number of benzene rings is 2. The molecule has 0 saturated heterocycles. The first-order valence-corrected chi connectivity index (χ1v) is 6.88. The van der Waals surface area contributed by atoms with E-state index in [-0.39, 0.29) is 11.3 Å². The lowest BCUT2D eigenvalue weighted by Crippen LogP contribution is -2.12. The quantitative estimate of drug-likeness (QED) is 0.589. The number of amides is 1. The third kappa shape index (κ3) is 3.12. The molecule has 120 valence electrons. The highest BCUT2D eigenvalue weighted by atomic mass is 19.1. The maximum atomic E-state index is 12.9. The summed E-state index contributed by atoms with van der Waals surface area (Å²) in [6.07, 6.45) is 4.50. The van der Waals surface area contributed by atoms with Gasteiger partial charge in [0.25, 0.3) is 11.6 Å². The molecule has 8 heteroatoms. The van der Waals surface area contributed by atoms with Crippen LogP contribution >= 0.6 is 0 Å². The van der Waals surface area contributed by atoms with Gasteiger partial charge in [-0.3, -0.25) is 14.9 Å². The molecule has 2 aromatic carbocycles. The van der Waals surface area contributed by atoms with Gasteiger partial charge in [-0.05, 0) is 36.4 Å². The van der Waals surface area contributed by atoms with Crippen LogP contribution in [0.25, 0.3) is 5.69 Å². The highest BCUT2D eigenvalue weighted by Crippen LogP contribution is 2.24. The number of nitro groups is 1. The number of nitro benzene ring substituents is 1. The minimum Gasteiger partial charge on any atom is -0.322 e. The van der Waals surface area contributed by atoms with E-state index in [1.165, 1.54) is 59.6 Å². The highest BCUT2D eigenvalue weighted by Gasteiger charge is 2.18. The summed E-state index contributed by atoms with van der Waals surface area (Å²) in [5.74, 6) is -0.949. The largest absolute Gasteiger partial charge is 0.322 e. The minimum atomic E-state index is -0.565. The first-order chi connectivity index (χ1) is 11.5. The van der Waals surface area contributed by atoms with E-state index >= 15 is 0 Å². The maximum Gasteiger partial charge on any atom is 0.294 e. The number of imidazole rings is 1. The van der Waals surface area contributed by atoms with Gasteiger partial charge in [0.05, 0.1) is 11.3 Å². The SMILES string of the molecule is O=C(Nc1ccc(F)cc1)c1ccc(-n2ccnc2)c([N+](=O)[O-])c1. The summed E-state index contributed by atoms with van der Waals surface area (Å²) >= 11 is 0. The molecule has 0 fully saturated rings. The zero-order chi connectivity index (χ0) is 17.1. The van der Waals surface area contributed by atoms with Gasteiger partial charge in [0, 0.05) is 29.7 Å². The first kappa shape index (κ1) is 15.3. The summed E-state index contributed by atoms with van der Waals surface area (Å²) in [6, 6.07) is 9.36. The predicted molar refractivity (Wildman–Crippen MR) is 84.6 cm³/mol. The second kappa shape index (κ2) is 6.29.